The van der Waals surface area contributed by atoms with Gasteiger partial charge in [-0.2, -0.15) is 4.31 Å². The van der Waals surface area contributed by atoms with Crippen LogP contribution < -0.4 is 10.6 Å². The second-order valence-corrected chi connectivity index (χ2v) is 8.79. The zero-order valence-electron chi connectivity index (χ0n) is 15.0. The maximum absolute atomic E-state index is 12.8. The SMILES string of the molecule is CCNC(=O)NC(=O)C(C)N1CCN(S(=O)(=O)c2ccc(Cl)c(Cl)c2)CC1. The van der Waals surface area contributed by atoms with E-state index in [-0.39, 0.29) is 28.0 Å². The highest BCUT2D eigenvalue weighted by molar-refractivity contribution is 7.89. The zero-order valence-corrected chi connectivity index (χ0v) is 17.4. The van der Waals surface area contributed by atoms with Crippen molar-refractivity contribution < 1.29 is 18.0 Å². The predicted molar refractivity (Wildman–Crippen MR) is 103 cm³/mol. The second-order valence-electron chi connectivity index (χ2n) is 6.04. The molecule has 2 rings (SSSR count). The lowest BCUT2D eigenvalue weighted by Gasteiger charge is -2.36. The Morgan fingerprint density at radius 2 is 1.78 bits per heavy atom. The summed E-state index contributed by atoms with van der Waals surface area (Å²) in [5.41, 5.74) is 0. The molecular formula is C16H22Cl2N4O4S. The summed E-state index contributed by atoms with van der Waals surface area (Å²) in [5.74, 6) is -0.429. The number of carbonyl (C=O) groups is 2. The molecule has 3 amide bonds. The lowest BCUT2D eigenvalue weighted by atomic mass is 10.2. The maximum Gasteiger partial charge on any atom is 0.321 e. The normalized spacial score (nSPS) is 17.3. The molecule has 0 aromatic heterocycles. The van der Waals surface area contributed by atoms with Crippen LogP contribution in [-0.4, -0.2) is 68.3 Å². The first kappa shape index (κ1) is 21.9. The number of hydrogen-bond acceptors (Lipinski definition) is 5. The summed E-state index contributed by atoms with van der Waals surface area (Å²) in [4.78, 5) is 25.5. The first-order valence-electron chi connectivity index (χ1n) is 8.44. The number of carbonyl (C=O) groups excluding carboxylic acids is 2. The number of nitrogens with one attached hydrogen (secondary N) is 2. The summed E-state index contributed by atoms with van der Waals surface area (Å²) in [5, 5.41) is 5.22. The molecule has 0 aliphatic carbocycles. The highest BCUT2D eigenvalue weighted by atomic mass is 35.5. The largest absolute Gasteiger partial charge is 0.338 e. The number of nitrogens with zero attached hydrogens (tertiary/aromatic N) is 2. The Bertz CT molecular complexity index is 811. The number of benzene rings is 1. The summed E-state index contributed by atoms with van der Waals surface area (Å²) in [7, 11) is -3.70. The minimum atomic E-state index is -3.70. The molecule has 1 unspecified atom stereocenters. The number of hydrogen-bond donors (Lipinski definition) is 2. The van der Waals surface area contributed by atoms with E-state index in [1.165, 1.54) is 22.5 Å². The van der Waals surface area contributed by atoms with Crippen molar-refractivity contribution in [1.29, 1.82) is 0 Å². The first-order valence-corrected chi connectivity index (χ1v) is 10.6. The van der Waals surface area contributed by atoms with Crippen molar-refractivity contribution in [2.24, 2.45) is 0 Å². The van der Waals surface area contributed by atoms with Gasteiger partial charge in [0.2, 0.25) is 15.9 Å². The van der Waals surface area contributed by atoms with Gasteiger partial charge in [0.1, 0.15) is 0 Å². The van der Waals surface area contributed by atoms with Gasteiger partial charge < -0.3 is 5.32 Å². The molecule has 0 bridgehead atoms. The molecule has 150 valence electrons. The van der Waals surface area contributed by atoms with Gasteiger partial charge in [0.25, 0.3) is 0 Å². The lowest BCUT2D eigenvalue weighted by molar-refractivity contribution is -0.125. The molecule has 0 radical (unpaired) electrons. The molecule has 1 saturated heterocycles. The van der Waals surface area contributed by atoms with Crippen molar-refractivity contribution in [3.8, 4) is 0 Å². The quantitative estimate of drug-likeness (QED) is 0.728. The van der Waals surface area contributed by atoms with Crippen LogP contribution in [0.25, 0.3) is 0 Å². The molecule has 2 N–H and O–H groups in total. The van der Waals surface area contributed by atoms with Crippen molar-refractivity contribution in [3.63, 3.8) is 0 Å². The van der Waals surface area contributed by atoms with E-state index < -0.39 is 28.0 Å². The number of sulfonamides is 1. The Labute approximate surface area is 168 Å². The van der Waals surface area contributed by atoms with Crippen LogP contribution in [0, 0.1) is 0 Å². The fraction of sp³-hybridized carbons (Fsp3) is 0.500. The molecule has 1 fully saturated rings. The average Bonchev–Trinajstić information content (AvgIpc) is 2.63. The van der Waals surface area contributed by atoms with E-state index in [0.29, 0.717) is 19.6 Å². The van der Waals surface area contributed by atoms with E-state index in [9.17, 15) is 18.0 Å². The summed E-state index contributed by atoms with van der Waals surface area (Å²) in [6, 6.07) is 3.09. The van der Waals surface area contributed by atoms with Gasteiger partial charge in [-0.3, -0.25) is 15.0 Å². The van der Waals surface area contributed by atoms with E-state index in [0.717, 1.165) is 0 Å². The number of halogens is 2. The fourth-order valence-electron chi connectivity index (χ4n) is 2.70. The molecule has 0 spiro atoms. The lowest BCUT2D eigenvalue weighted by Crippen LogP contribution is -2.56. The highest BCUT2D eigenvalue weighted by Crippen LogP contribution is 2.27. The average molecular weight is 437 g/mol. The molecule has 1 aromatic rings. The van der Waals surface area contributed by atoms with Crippen LogP contribution in [0.1, 0.15) is 13.8 Å². The monoisotopic (exact) mass is 436 g/mol. The van der Waals surface area contributed by atoms with Gasteiger partial charge >= 0.3 is 6.03 Å². The predicted octanol–water partition coefficient (Wildman–Crippen LogP) is 1.53. The van der Waals surface area contributed by atoms with E-state index in [2.05, 4.69) is 10.6 Å². The molecule has 1 atom stereocenters. The van der Waals surface area contributed by atoms with E-state index >= 15 is 0 Å². The van der Waals surface area contributed by atoms with Crippen LogP contribution in [-0.2, 0) is 14.8 Å². The first-order chi connectivity index (χ1) is 12.7. The highest BCUT2D eigenvalue weighted by Gasteiger charge is 2.32. The Morgan fingerprint density at radius 1 is 1.15 bits per heavy atom. The van der Waals surface area contributed by atoms with Gasteiger partial charge in [-0.15, -0.1) is 0 Å². The van der Waals surface area contributed by atoms with Gasteiger partial charge in [-0.05, 0) is 32.0 Å². The minimum Gasteiger partial charge on any atom is -0.338 e. The fourth-order valence-corrected chi connectivity index (χ4v) is 4.52. The third kappa shape index (κ3) is 5.32. The maximum atomic E-state index is 12.8. The third-order valence-electron chi connectivity index (χ3n) is 4.30. The van der Waals surface area contributed by atoms with Crippen molar-refractivity contribution in [3.05, 3.63) is 28.2 Å². The van der Waals surface area contributed by atoms with Crippen molar-refractivity contribution in [2.75, 3.05) is 32.7 Å². The molecule has 1 heterocycles. The molecule has 1 aromatic carbocycles. The summed E-state index contributed by atoms with van der Waals surface area (Å²) in [6.07, 6.45) is 0. The van der Waals surface area contributed by atoms with Crippen molar-refractivity contribution in [2.45, 2.75) is 24.8 Å². The standard InChI is InChI=1S/C16H22Cl2N4O4S/c1-3-19-16(24)20-15(23)11(2)21-6-8-22(9-7-21)27(25,26)12-4-5-13(17)14(18)10-12/h4-5,10-11H,3,6-9H2,1-2H3,(H2,19,20,23,24). The number of piperazine rings is 1. The van der Waals surface area contributed by atoms with Crippen LogP contribution in [0.15, 0.2) is 23.1 Å². The van der Waals surface area contributed by atoms with Gasteiger partial charge in [0, 0.05) is 32.7 Å². The summed E-state index contributed by atoms with van der Waals surface area (Å²) >= 11 is 11.8. The van der Waals surface area contributed by atoms with E-state index in [1.54, 1.807) is 13.8 Å². The van der Waals surface area contributed by atoms with E-state index in [4.69, 9.17) is 23.2 Å². The summed E-state index contributed by atoms with van der Waals surface area (Å²) in [6.45, 7) is 5.02. The van der Waals surface area contributed by atoms with Crippen molar-refractivity contribution >= 4 is 45.2 Å². The van der Waals surface area contributed by atoms with Gasteiger partial charge in [-0.1, -0.05) is 23.2 Å². The second kappa shape index (κ2) is 9.20. The van der Waals surface area contributed by atoms with E-state index in [1.807, 2.05) is 4.90 Å². The smallest absolute Gasteiger partial charge is 0.321 e. The van der Waals surface area contributed by atoms with Crippen LogP contribution >= 0.6 is 23.2 Å². The van der Waals surface area contributed by atoms with Gasteiger partial charge in [0.05, 0.1) is 21.0 Å². The Hall–Kier alpha value is -1.39. The Balaban J connectivity index is 1.98. The number of imide groups is 1. The summed E-state index contributed by atoms with van der Waals surface area (Å²) < 4.78 is 26.8. The van der Waals surface area contributed by atoms with Gasteiger partial charge in [-0.25, -0.2) is 13.2 Å². The molecule has 1 aliphatic heterocycles. The molecule has 27 heavy (non-hydrogen) atoms. The molecule has 1 aliphatic rings. The number of urea groups is 1. The minimum absolute atomic E-state index is 0.0763. The molecule has 11 heteroatoms. The zero-order chi connectivity index (χ0) is 20.2. The van der Waals surface area contributed by atoms with Crippen LogP contribution in [0.3, 0.4) is 0 Å². The Kier molecular flexibility index (Phi) is 7.47. The van der Waals surface area contributed by atoms with Gasteiger partial charge in [0.15, 0.2) is 0 Å². The van der Waals surface area contributed by atoms with Crippen LogP contribution in [0.4, 0.5) is 4.79 Å². The third-order valence-corrected chi connectivity index (χ3v) is 6.94. The Morgan fingerprint density at radius 3 is 2.33 bits per heavy atom. The molecular weight excluding hydrogens is 415 g/mol. The topological polar surface area (TPSA) is 98.8 Å². The number of rotatable bonds is 5. The molecule has 8 nitrogen and oxygen atoms in total. The van der Waals surface area contributed by atoms with Crippen LogP contribution in [0.5, 0.6) is 0 Å². The molecule has 0 saturated carbocycles. The van der Waals surface area contributed by atoms with Crippen LogP contribution in [0.2, 0.25) is 10.0 Å². The number of amides is 3. The van der Waals surface area contributed by atoms with Crippen molar-refractivity contribution in [1.82, 2.24) is 19.8 Å².